The number of anilines is 1. The van der Waals surface area contributed by atoms with Gasteiger partial charge in [-0.25, -0.2) is 4.98 Å². The van der Waals surface area contributed by atoms with Crippen LogP contribution in [0.4, 0.5) is 18.3 Å². The van der Waals surface area contributed by atoms with Gasteiger partial charge in [0.1, 0.15) is 0 Å². The molecule has 150 valence electrons. The molecule has 10 heteroatoms. The van der Waals surface area contributed by atoms with E-state index in [4.69, 9.17) is 0 Å². The van der Waals surface area contributed by atoms with Crippen molar-refractivity contribution in [1.82, 2.24) is 14.8 Å². The van der Waals surface area contributed by atoms with Gasteiger partial charge in [-0.1, -0.05) is 11.3 Å². The highest BCUT2D eigenvalue weighted by atomic mass is 32.1. The van der Waals surface area contributed by atoms with Crippen LogP contribution in [-0.4, -0.2) is 65.9 Å². The van der Waals surface area contributed by atoms with Crippen LogP contribution in [0.3, 0.4) is 0 Å². The predicted molar refractivity (Wildman–Crippen MR) is 99.2 cm³/mol. The van der Waals surface area contributed by atoms with Crippen LogP contribution < -0.4 is 4.90 Å². The number of carbonyl (C=O) groups is 2. The van der Waals surface area contributed by atoms with Crippen molar-refractivity contribution >= 4 is 38.5 Å². The van der Waals surface area contributed by atoms with Gasteiger partial charge in [0.15, 0.2) is 5.13 Å². The van der Waals surface area contributed by atoms with Crippen molar-refractivity contribution in [3.8, 4) is 0 Å². The number of hydrogen-bond acceptors (Lipinski definition) is 5. The third-order valence-corrected chi connectivity index (χ3v) is 6.21. The van der Waals surface area contributed by atoms with Crippen LogP contribution in [0.2, 0.25) is 0 Å². The van der Waals surface area contributed by atoms with Gasteiger partial charge in [0.05, 0.1) is 15.8 Å². The van der Waals surface area contributed by atoms with Crippen LogP contribution in [-0.2, 0) is 15.8 Å². The van der Waals surface area contributed by atoms with Gasteiger partial charge < -0.3 is 14.7 Å². The lowest BCUT2D eigenvalue weighted by Crippen LogP contribution is -2.53. The zero-order valence-corrected chi connectivity index (χ0v) is 15.9. The average molecular weight is 412 g/mol. The van der Waals surface area contributed by atoms with E-state index in [0.717, 1.165) is 25.0 Å². The van der Waals surface area contributed by atoms with E-state index in [0.29, 0.717) is 54.6 Å². The number of likely N-dealkylation sites (tertiary alicyclic amines) is 1. The second kappa shape index (κ2) is 7.23. The molecule has 0 bridgehead atoms. The molecule has 2 aromatic rings. The SMILES string of the molecule is O=C(C(=O)N1CCN(c2nc3cc(C(F)(F)F)ccc3s2)CC1)N1CCCC1. The summed E-state index contributed by atoms with van der Waals surface area (Å²) in [6.45, 7) is 3.03. The van der Waals surface area contributed by atoms with Crippen molar-refractivity contribution < 1.29 is 22.8 Å². The van der Waals surface area contributed by atoms with Crippen molar-refractivity contribution in [3.63, 3.8) is 0 Å². The lowest BCUT2D eigenvalue weighted by molar-refractivity contribution is -0.151. The van der Waals surface area contributed by atoms with E-state index in [1.807, 2.05) is 4.90 Å². The smallest absolute Gasteiger partial charge is 0.345 e. The second-order valence-electron chi connectivity index (χ2n) is 6.96. The predicted octanol–water partition coefficient (Wildman–Crippen LogP) is 2.59. The molecule has 4 rings (SSSR count). The molecule has 2 aliphatic heterocycles. The number of aromatic nitrogens is 1. The number of thiazole rings is 1. The van der Waals surface area contributed by atoms with Gasteiger partial charge in [0.25, 0.3) is 0 Å². The molecule has 2 fully saturated rings. The zero-order chi connectivity index (χ0) is 19.9. The average Bonchev–Trinajstić information content (AvgIpc) is 3.35. The topological polar surface area (TPSA) is 56.8 Å². The minimum Gasteiger partial charge on any atom is -0.345 e. The van der Waals surface area contributed by atoms with Gasteiger partial charge >= 0.3 is 18.0 Å². The molecule has 0 N–H and O–H groups in total. The van der Waals surface area contributed by atoms with Gasteiger partial charge in [0.2, 0.25) is 0 Å². The second-order valence-corrected chi connectivity index (χ2v) is 7.96. The molecular formula is C18H19F3N4O2S. The number of fused-ring (bicyclic) bond motifs is 1. The maximum Gasteiger partial charge on any atom is 0.416 e. The third-order valence-electron chi connectivity index (χ3n) is 5.12. The van der Waals surface area contributed by atoms with E-state index in [2.05, 4.69) is 4.98 Å². The number of amides is 2. The fourth-order valence-electron chi connectivity index (χ4n) is 3.52. The van der Waals surface area contributed by atoms with E-state index in [1.54, 1.807) is 9.80 Å². The summed E-state index contributed by atoms with van der Waals surface area (Å²) < 4.78 is 39.3. The van der Waals surface area contributed by atoms with Crippen molar-refractivity contribution in [2.75, 3.05) is 44.2 Å². The fraction of sp³-hybridized carbons (Fsp3) is 0.500. The highest BCUT2D eigenvalue weighted by molar-refractivity contribution is 7.22. The first kappa shape index (κ1) is 19.0. The monoisotopic (exact) mass is 412 g/mol. The van der Waals surface area contributed by atoms with Crippen molar-refractivity contribution in [2.24, 2.45) is 0 Å². The number of benzene rings is 1. The van der Waals surface area contributed by atoms with Crippen molar-refractivity contribution in [1.29, 1.82) is 0 Å². The Morgan fingerprint density at radius 2 is 1.54 bits per heavy atom. The summed E-state index contributed by atoms with van der Waals surface area (Å²) in [5, 5.41) is 0.632. The Morgan fingerprint density at radius 3 is 2.14 bits per heavy atom. The molecule has 2 saturated heterocycles. The van der Waals surface area contributed by atoms with Crippen molar-refractivity contribution in [3.05, 3.63) is 23.8 Å². The molecule has 1 aromatic heterocycles. The molecule has 0 atom stereocenters. The van der Waals surface area contributed by atoms with Gasteiger partial charge in [0, 0.05) is 39.3 Å². The normalized spacial score (nSPS) is 18.2. The molecule has 2 amide bonds. The number of alkyl halides is 3. The van der Waals surface area contributed by atoms with Crippen LogP contribution in [0.25, 0.3) is 10.2 Å². The summed E-state index contributed by atoms with van der Waals surface area (Å²) >= 11 is 1.33. The van der Waals surface area contributed by atoms with Crippen molar-refractivity contribution in [2.45, 2.75) is 19.0 Å². The van der Waals surface area contributed by atoms with E-state index >= 15 is 0 Å². The Bertz CT molecular complexity index is 900. The highest BCUT2D eigenvalue weighted by Gasteiger charge is 2.32. The van der Waals surface area contributed by atoms with Gasteiger partial charge in [-0.2, -0.15) is 13.2 Å². The van der Waals surface area contributed by atoms with Gasteiger partial charge in [-0.3, -0.25) is 9.59 Å². The maximum atomic E-state index is 12.9. The number of piperazine rings is 1. The van der Waals surface area contributed by atoms with Crippen LogP contribution in [0.5, 0.6) is 0 Å². The highest BCUT2D eigenvalue weighted by Crippen LogP contribution is 2.35. The summed E-state index contributed by atoms with van der Waals surface area (Å²) in [5.74, 6) is -0.911. The van der Waals surface area contributed by atoms with E-state index in [1.165, 1.54) is 17.4 Å². The lowest BCUT2D eigenvalue weighted by atomic mass is 10.2. The minimum absolute atomic E-state index is 0.317. The molecule has 6 nitrogen and oxygen atoms in total. The Kier molecular flexibility index (Phi) is 4.90. The van der Waals surface area contributed by atoms with Gasteiger partial charge in [-0.05, 0) is 31.0 Å². The summed E-state index contributed by atoms with van der Waals surface area (Å²) in [6.07, 6.45) is -2.53. The Labute approximate surface area is 163 Å². The molecule has 2 aliphatic rings. The lowest BCUT2D eigenvalue weighted by Gasteiger charge is -2.34. The Balaban J connectivity index is 1.42. The molecule has 0 unspecified atom stereocenters. The molecule has 28 heavy (non-hydrogen) atoms. The zero-order valence-electron chi connectivity index (χ0n) is 15.0. The molecule has 3 heterocycles. The molecule has 0 saturated carbocycles. The summed E-state index contributed by atoms with van der Waals surface area (Å²) in [4.78, 5) is 34.1. The summed E-state index contributed by atoms with van der Waals surface area (Å²) in [6, 6.07) is 3.56. The third kappa shape index (κ3) is 3.65. The minimum atomic E-state index is -4.40. The summed E-state index contributed by atoms with van der Waals surface area (Å²) in [7, 11) is 0. The van der Waals surface area contributed by atoms with E-state index in [-0.39, 0.29) is 0 Å². The maximum absolute atomic E-state index is 12.9. The first-order chi connectivity index (χ1) is 13.3. The first-order valence-corrected chi connectivity index (χ1v) is 9.95. The number of nitrogens with zero attached hydrogens (tertiary/aromatic N) is 4. The van der Waals surface area contributed by atoms with Crippen LogP contribution in [0.1, 0.15) is 18.4 Å². The molecule has 0 aliphatic carbocycles. The van der Waals surface area contributed by atoms with E-state index < -0.39 is 23.6 Å². The Morgan fingerprint density at radius 1 is 0.929 bits per heavy atom. The quantitative estimate of drug-likeness (QED) is 0.676. The molecule has 1 aromatic carbocycles. The summed E-state index contributed by atoms with van der Waals surface area (Å²) in [5.41, 5.74) is -0.398. The number of carbonyl (C=O) groups excluding carboxylic acids is 2. The molecule has 0 radical (unpaired) electrons. The van der Waals surface area contributed by atoms with E-state index in [9.17, 15) is 22.8 Å². The van der Waals surface area contributed by atoms with Gasteiger partial charge in [-0.15, -0.1) is 0 Å². The molecular weight excluding hydrogens is 393 g/mol. The standard InChI is InChI=1S/C18H19F3N4O2S/c19-18(20,21)12-3-4-14-13(11-12)22-17(28-14)25-9-7-24(8-10-25)16(27)15(26)23-5-1-2-6-23/h3-4,11H,1-2,5-10H2. The Hall–Kier alpha value is -2.36. The number of rotatable bonds is 1. The fourth-order valence-corrected chi connectivity index (χ4v) is 4.52. The van der Waals surface area contributed by atoms with Crippen LogP contribution >= 0.6 is 11.3 Å². The largest absolute Gasteiger partial charge is 0.416 e. The van der Waals surface area contributed by atoms with Crippen LogP contribution in [0.15, 0.2) is 18.2 Å². The van der Waals surface area contributed by atoms with Crippen LogP contribution in [0, 0.1) is 0 Å². The molecule has 0 spiro atoms. The first-order valence-electron chi connectivity index (χ1n) is 9.14. The number of hydrogen-bond donors (Lipinski definition) is 0. The number of halogens is 3.